The van der Waals surface area contributed by atoms with Crippen LogP contribution in [0.5, 0.6) is 0 Å². The van der Waals surface area contributed by atoms with Crippen LogP contribution in [0.1, 0.15) is 52.9 Å². The molecule has 0 amide bonds. The number of likely N-dealkylation sites (N-methyl/N-ethyl adjacent to an activating group) is 1. The lowest BCUT2D eigenvalue weighted by Gasteiger charge is -2.31. The highest BCUT2D eigenvalue weighted by molar-refractivity contribution is 4.83. The number of rotatable bonds is 7. The van der Waals surface area contributed by atoms with Crippen LogP contribution in [0.2, 0.25) is 0 Å². The van der Waals surface area contributed by atoms with E-state index >= 15 is 0 Å². The molecule has 0 aromatic carbocycles. The molecular formula is C14H30N2. The number of nitrogens with zero attached hydrogens (tertiary/aromatic N) is 1. The second-order valence-corrected chi connectivity index (χ2v) is 5.64. The first-order valence-corrected chi connectivity index (χ1v) is 7.08. The van der Waals surface area contributed by atoms with Crippen molar-refractivity contribution in [1.29, 1.82) is 0 Å². The summed E-state index contributed by atoms with van der Waals surface area (Å²) < 4.78 is 0. The summed E-state index contributed by atoms with van der Waals surface area (Å²) >= 11 is 0. The fourth-order valence-corrected chi connectivity index (χ4v) is 2.59. The highest BCUT2D eigenvalue weighted by atomic mass is 15.1. The van der Waals surface area contributed by atoms with Crippen LogP contribution in [0.4, 0.5) is 0 Å². The molecule has 1 rings (SSSR count). The Bertz CT molecular complexity index is 174. The van der Waals surface area contributed by atoms with Crippen molar-refractivity contribution in [2.45, 2.75) is 65.0 Å². The molecule has 1 unspecified atom stereocenters. The molecule has 0 aromatic rings. The standard InChI is InChI=1S/C14H30N2/c1-5-10-15-14(11-16(4)12(2)3)13-8-6-7-9-13/h12-15H,5-11H2,1-4H3. The lowest BCUT2D eigenvalue weighted by molar-refractivity contribution is 0.207. The normalized spacial score (nSPS) is 19.9. The van der Waals surface area contributed by atoms with Crippen LogP contribution < -0.4 is 5.32 Å². The van der Waals surface area contributed by atoms with Gasteiger partial charge in [-0.3, -0.25) is 0 Å². The molecule has 1 aliphatic carbocycles. The van der Waals surface area contributed by atoms with E-state index in [0.29, 0.717) is 6.04 Å². The van der Waals surface area contributed by atoms with Crippen LogP contribution in [-0.2, 0) is 0 Å². The smallest absolute Gasteiger partial charge is 0.0223 e. The first-order chi connectivity index (χ1) is 7.65. The van der Waals surface area contributed by atoms with Gasteiger partial charge in [0.2, 0.25) is 0 Å². The van der Waals surface area contributed by atoms with Gasteiger partial charge in [-0.1, -0.05) is 19.8 Å². The topological polar surface area (TPSA) is 15.3 Å². The third kappa shape index (κ3) is 4.42. The van der Waals surface area contributed by atoms with Gasteiger partial charge in [-0.05, 0) is 52.6 Å². The van der Waals surface area contributed by atoms with Gasteiger partial charge in [-0.15, -0.1) is 0 Å². The molecule has 0 aliphatic heterocycles. The van der Waals surface area contributed by atoms with Crippen LogP contribution in [0.3, 0.4) is 0 Å². The van der Waals surface area contributed by atoms with Crippen molar-refractivity contribution in [3.05, 3.63) is 0 Å². The van der Waals surface area contributed by atoms with Crippen LogP contribution in [0, 0.1) is 5.92 Å². The van der Waals surface area contributed by atoms with Gasteiger partial charge in [0.15, 0.2) is 0 Å². The average Bonchev–Trinajstić information content (AvgIpc) is 2.76. The highest BCUT2D eigenvalue weighted by Gasteiger charge is 2.25. The Balaban J connectivity index is 2.42. The summed E-state index contributed by atoms with van der Waals surface area (Å²) in [6.07, 6.45) is 7.01. The van der Waals surface area contributed by atoms with E-state index in [9.17, 15) is 0 Å². The summed E-state index contributed by atoms with van der Waals surface area (Å²) in [5, 5.41) is 3.76. The lowest BCUT2D eigenvalue weighted by atomic mass is 9.97. The van der Waals surface area contributed by atoms with E-state index in [1.54, 1.807) is 0 Å². The van der Waals surface area contributed by atoms with Gasteiger partial charge < -0.3 is 10.2 Å². The van der Waals surface area contributed by atoms with E-state index in [4.69, 9.17) is 0 Å². The maximum Gasteiger partial charge on any atom is 0.0223 e. The van der Waals surface area contributed by atoms with Gasteiger partial charge in [0.1, 0.15) is 0 Å². The molecule has 0 heterocycles. The molecule has 0 saturated heterocycles. The van der Waals surface area contributed by atoms with Crippen LogP contribution >= 0.6 is 0 Å². The van der Waals surface area contributed by atoms with Crippen molar-refractivity contribution in [3.63, 3.8) is 0 Å². The van der Waals surface area contributed by atoms with Crippen molar-refractivity contribution in [1.82, 2.24) is 10.2 Å². The van der Waals surface area contributed by atoms with Gasteiger partial charge in [-0.25, -0.2) is 0 Å². The van der Waals surface area contributed by atoms with Crippen molar-refractivity contribution in [2.75, 3.05) is 20.1 Å². The summed E-state index contributed by atoms with van der Waals surface area (Å²) in [7, 11) is 2.25. The summed E-state index contributed by atoms with van der Waals surface area (Å²) in [5.74, 6) is 0.924. The first kappa shape index (κ1) is 14.0. The second kappa shape index (κ2) is 7.29. The zero-order valence-electron chi connectivity index (χ0n) is 11.6. The predicted molar refractivity (Wildman–Crippen MR) is 71.8 cm³/mol. The largest absolute Gasteiger partial charge is 0.312 e. The minimum Gasteiger partial charge on any atom is -0.312 e. The molecule has 1 saturated carbocycles. The molecule has 1 N–H and O–H groups in total. The Morgan fingerprint density at radius 3 is 2.38 bits per heavy atom. The lowest BCUT2D eigenvalue weighted by Crippen LogP contribution is -2.46. The minimum atomic E-state index is 0.660. The first-order valence-electron chi connectivity index (χ1n) is 7.08. The van der Waals surface area contributed by atoms with E-state index in [1.807, 2.05) is 0 Å². The maximum absolute atomic E-state index is 3.76. The SMILES string of the molecule is CCCNC(CN(C)C(C)C)C1CCCC1. The van der Waals surface area contributed by atoms with Gasteiger partial charge >= 0.3 is 0 Å². The Labute approximate surface area is 102 Å². The Kier molecular flexibility index (Phi) is 6.37. The fraction of sp³-hybridized carbons (Fsp3) is 1.00. The average molecular weight is 226 g/mol. The minimum absolute atomic E-state index is 0.660. The van der Waals surface area contributed by atoms with Gasteiger partial charge in [0.05, 0.1) is 0 Å². The molecule has 0 radical (unpaired) electrons. The molecule has 0 aromatic heterocycles. The summed E-state index contributed by atoms with van der Waals surface area (Å²) in [5.41, 5.74) is 0. The monoisotopic (exact) mass is 226 g/mol. The quantitative estimate of drug-likeness (QED) is 0.718. The molecule has 1 fully saturated rings. The Morgan fingerprint density at radius 2 is 1.88 bits per heavy atom. The molecule has 1 aliphatic rings. The van der Waals surface area contributed by atoms with E-state index < -0.39 is 0 Å². The number of hydrogen-bond acceptors (Lipinski definition) is 2. The summed E-state index contributed by atoms with van der Waals surface area (Å²) in [6.45, 7) is 9.21. The van der Waals surface area contributed by atoms with Crippen LogP contribution in [0.25, 0.3) is 0 Å². The van der Waals surface area contributed by atoms with Crippen molar-refractivity contribution >= 4 is 0 Å². The van der Waals surface area contributed by atoms with E-state index in [2.05, 4.69) is 38.0 Å². The number of nitrogens with one attached hydrogen (secondary N) is 1. The van der Waals surface area contributed by atoms with E-state index in [-0.39, 0.29) is 0 Å². The summed E-state index contributed by atoms with van der Waals surface area (Å²) in [6, 6.07) is 1.38. The molecule has 1 atom stereocenters. The Morgan fingerprint density at radius 1 is 1.25 bits per heavy atom. The molecule has 16 heavy (non-hydrogen) atoms. The highest BCUT2D eigenvalue weighted by Crippen LogP contribution is 2.28. The predicted octanol–water partition coefficient (Wildman–Crippen LogP) is 2.89. The molecular weight excluding hydrogens is 196 g/mol. The maximum atomic E-state index is 3.76. The van der Waals surface area contributed by atoms with Crippen molar-refractivity contribution < 1.29 is 0 Å². The second-order valence-electron chi connectivity index (χ2n) is 5.64. The zero-order chi connectivity index (χ0) is 12.0. The molecule has 2 nitrogen and oxygen atoms in total. The van der Waals surface area contributed by atoms with E-state index in [1.165, 1.54) is 45.2 Å². The Hall–Kier alpha value is -0.0800. The fourth-order valence-electron chi connectivity index (χ4n) is 2.59. The third-order valence-electron chi connectivity index (χ3n) is 3.99. The molecule has 2 heteroatoms. The van der Waals surface area contributed by atoms with Gasteiger partial charge in [0.25, 0.3) is 0 Å². The van der Waals surface area contributed by atoms with E-state index in [0.717, 1.165) is 12.0 Å². The van der Waals surface area contributed by atoms with Crippen LogP contribution in [-0.4, -0.2) is 37.1 Å². The third-order valence-corrected chi connectivity index (χ3v) is 3.99. The molecule has 0 bridgehead atoms. The van der Waals surface area contributed by atoms with Crippen LogP contribution in [0.15, 0.2) is 0 Å². The molecule has 0 spiro atoms. The van der Waals surface area contributed by atoms with Gasteiger partial charge in [0, 0.05) is 18.6 Å². The molecule has 96 valence electrons. The zero-order valence-corrected chi connectivity index (χ0v) is 11.6. The van der Waals surface area contributed by atoms with Gasteiger partial charge in [-0.2, -0.15) is 0 Å². The van der Waals surface area contributed by atoms with Crippen molar-refractivity contribution in [3.8, 4) is 0 Å². The number of hydrogen-bond donors (Lipinski definition) is 1. The summed E-state index contributed by atoms with van der Waals surface area (Å²) in [4.78, 5) is 2.48. The van der Waals surface area contributed by atoms with Crippen molar-refractivity contribution in [2.24, 2.45) is 5.92 Å².